The maximum absolute atomic E-state index is 13.2. The highest BCUT2D eigenvalue weighted by Crippen LogP contribution is 2.33. The smallest absolute Gasteiger partial charge is 0.261 e. The molecule has 1 aliphatic rings. The predicted octanol–water partition coefficient (Wildman–Crippen LogP) is 4.80. The number of carbonyl (C=O) groups is 1. The summed E-state index contributed by atoms with van der Waals surface area (Å²) in [5.74, 6) is 0.332. The molecule has 0 saturated carbocycles. The molecule has 1 atom stereocenters. The van der Waals surface area contributed by atoms with E-state index in [9.17, 15) is 13.2 Å². The number of benzene rings is 1. The number of hydroxylamine groups is 1. The van der Waals surface area contributed by atoms with Crippen LogP contribution in [0.3, 0.4) is 0 Å². The van der Waals surface area contributed by atoms with Crippen molar-refractivity contribution in [2.45, 2.75) is 80.0 Å². The fourth-order valence-corrected chi connectivity index (χ4v) is 7.75. The van der Waals surface area contributed by atoms with Crippen molar-refractivity contribution in [2.24, 2.45) is 0 Å². The van der Waals surface area contributed by atoms with Crippen LogP contribution in [0.2, 0.25) is 0 Å². The molecule has 1 fully saturated rings. The Hall–Kier alpha value is -1.20. The SMILES string of the molecule is CCCCCCCCSc1nc2ccc(S(=O)(=O)N3CCCCC3C(=O)NO)cc2s1. The third-order valence-corrected chi connectivity index (χ3v) is 9.69. The average molecular weight is 486 g/mol. The lowest BCUT2D eigenvalue weighted by molar-refractivity contribution is -0.134. The number of aromatic nitrogens is 1. The van der Waals surface area contributed by atoms with Crippen molar-refractivity contribution in [3.8, 4) is 0 Å². The van der Waals surface area contributed by atoms with Gasteiger partial charge in [0.2, 0.25) is 10.0 Å². The van der Waals surface area contributed by atoms with Crippen molar-refractivity contribution in [3.63, 3.8) is 0 Å². The van der Waals surface area contributed by atoms with Crippen LogP contribution in [0.1, 0.15) is 64.7 Å². The molecule has 0 aliphatic carbocycles. The van der Waals surface area contributed by atoms with Crippen LogP contribution < -0.4 is 5.48 Å². The molecule has 172 valence electrons. The summed E-state index contributed by atoms with van der Waals surface area (Å²) in [5, 5.41) is 9.00. The molecule has 0 bridgehead atoms. The Balaban J connectivity index is 1.68. The number of carbonyl (C=O) groups excluding carboxylic acids is 1. The number of piperidine rings is 1. The lowest BCUT2D eigenvalue weighted by Gasteiger charge is -2.33. The highest BCUT2D eigenvalue weighted by molar-refractivity contribution is 8.01. The molecule has 2 heterocycles. The summed E-state index contributed by atoms with van der Waals surface area (Å²) < 4.78 is 29.4. The summed E-state index contributed by atoms with van der Waals surface area (Å²) in [6.07, 6.45) is 9.37. The molecule has 10 heteroatoms. The fourth-order valence-electron chi connectivity index (χ4n) is 3.81. The molecule has 31 heavy (non-hydrogen) atoms. The number of nitrogens with zero attached hydrogens (tertiary/aromatic N) is 2. The number of rotatable bonds is 11. The summed E-state index contributed by atoms with van der Waals surface area (Å²) >= 11 is 3.23. The van der Waals surface area contributed by atoms with Gasteiger partial charge in [0, 0.05) is 12.3 Å². The third-order valence-electron chi connectivity index (χ3n) is 5.54. The Morgan fingerprint density at radius 3 is 2.81 bits per heavy atom. The molecule has 1 unspecified atom stereocenters. The summed E-state index contributed by atoms with van der Waals surface area (Å²) in [7, 11) is -3.85. The molecular formula is C21H31N3O4S3. The van der Waals surface area contributed by atoms with Crippen molar-refractivity contribution in [1.82, 2.24) is 14.8 Å². The second-order valence-electron chi connectivity index (χ2n) is 7.83. The molecular weight excluding hydrogens is 454 g/mol. The first kappa shape index (κ1) is 24.4. The molecule has 2 N–H and O–H groups in total. The fraction of sp³-hybridized carbons (Fsp3) is 0.619. The van der Waals surface area contributed by atoms with Gasteiger partial charge in [0.1, 0.15) is 6.04 Å². The van der Waals surface area contributed by atoms with Crippen LogP contribution in [-0.4, -0.2) is 47.2 Å². The van der Waals surface area contributed by atoms with Crippen molar-refractivity contribution < 1.29 is 18.4 Å². The van der Waals surface area contributed by atoms with Crippen molar-refractivity contribution in [2.75, 3.05) is 12.3 Å². The van der Waals surface area contributed by atoms with Gasteiger partial charge in [-0.05, 0) is 37.5 Å². The molecule has 7 nitrogen and oxygen atoms in total. The summed E-state index contributed by atoms with van der Waals surface area (Å²) in [6.45, 7) is 2.48. The van der Waals surface area contributed by atoms with E-state index in [2.05, 4.69) is 11.9 Å². The maximum Gasteiger partial charge on any atom is 0.261 e. The molecule has 1 aromatic carbocycles. The van der Waals surface area contributed by atoms with Crippen LogP contribution in [-0.2, 0) is 14.8 Å². The van der Waals surface area contributed by atoms with E-state index in [-0.39, 0.29) is 11.4 Å². The first-order valence-corrected chi connectivity index (χ1v) is 14.2. The average Bonchev–Trinajstić information content (AvgIpc) is 3.20. The van der Waals surface area contributed by atoms with Crippen molar-refractivity contribution in [3.05, 3.63) is 18.2 Å². The molecule has 2 aromatic rings. The van der Waals surface area contributed by atoms with E-state index in [0.717, 1.165) is 33.2 Å². The zero-order chi connectivity index (χ0) is 22.3. The van der Waals surface area contributed by atoms with Crippen LogP contribution in [0.25, 0.3) is 10.2 Å². The Morgan fingerprint density at radius 1 is 1.26 bits per heavy atom. The number of thiazole rings is 1. The van der Waals surface area contributed by atoms with Crippen LogP contribution in [0.5, 0.6) is 0 Å². The van der Waals surface area contributed by atoms with Gasteiger partial charge in [0.05, 0.1) is 15.1 Å². The molecule has 1 aromatic heterocycles. The van der Waals surface area contributed by atoms with E-state index >= 15 is 0 Å². The minimum Gasteiger partial charge on any atom is -0.289 e. The van der Waals surface area contributed by atoms with Crippen molar-refractivity contribution >= 4 is 49.2 Å². The highest BCUT2D eigenvalue weighted by Gasteiger charge is 2.37. The Kier molecular flexibility index (Phi) is 9.15. The summed E-state index contributed by atoms with van der Waals surface area (Å²) in [5.41, 5.74) is 2.39. The number of unbranched alkanes of at least 4 members (excludes halogenated alkanes) is 5. The van der Waals surface area contributed by atoms with Gasteiger partial charge in [-0.1, -0.05) is 57.2 Å². The molecule has 1 aliphatic heterocycles. The molecule has 3 rings (SSSR count). The van der Waals surface area contributed by atoms with Crippen LogP contribution in [0.15, 0.2) is 27.4 Å². The molecule has 0 spiro atoms. The topological polar surface area (TPSA) is 99.6 Å². The van der Waals surface area contributed by atoms with Gasteiger partial charge in [-0.15, -0.1) is 11.3 Å². The van der Waals surface area contributed by atoms with Crippen LogP contribution in [0.4, 0.5) is 0 Å². The van der Waals surface area contributed by atoms with E-state index in [4.69, 9.17) is 5.21 Å². The standard InChI is InChI=1S/C21H31N3O4S3/c1-2-3-4-5-6-9-14-29-21-22-17-12-11-16(15-19(17)30-21)31(27,28)24-13-8-7-10-18(24)20(25)23-26/h11-12,15,18,26H,2-10,13-14H2,1H3,(H,23,25). The monoisotopic (exact) mass is 485 g/mol. The minimum absolute atomic E-state index is 0.161. The molecule has 0 radical (unpaired) electrons. The number of sulfonamides is 1. The van der Waals surface area contributed by atoms with Gasteiger partial charge in [-0.25, -0.2) is 18.9 Å². The second kappa shape index (κ2) is 11.6. The zero-order valence-electron chi connectivity index (χ0n) is 17.9. The third kappa shape index (κ3) is 6.19. The van der Waals surface area contributed by atoms with Gasteiger partial charge in [-0.3, -0.25) is 10.0 Å². The first-order chi connectivity index (χ1) is 15.0. The molecule has 1 amide bonds. The van der Waals surface area contributed by atoms with Crippen LogP contribution in [0, 0.1) is 0 Å². The lowest BCUT2D eigenvalue weighted by Crippen LogP contribution is -2.51. The van der Waals surface area contributed by atoms with E-state index < -0.39 is 22.0 Å². The highest BCUT2D eigenvalue weighted by atomic mass is 32.2. The van der Waals surface area contributed by atoms with Gasteiger partial charge in [-0.2, -0.15) is 4.31 Å². The summed E-state index contributed by atoms with van der Waals surface area (Å²) in [6, 6.07) is 4.06. The quantitative estimate of drug-likeness (QED) is 0.205. The lowest BCUT2D eigenvalue weighted by atomic mass is 10.0. The van der Waals surface area contributed by atoms with Crippen LogP contribution >= 0.6 is 23.1 Å². The van der Waals surface area contributed by atoms with Gasteiger partial charge < -0.3 is 0 Å². The number of amides is 1. The number of nitrogens with one attached hydrogen (secondary N) is 1. The number of hydrogen-bond acceptors (Lipinski definition) is 7. The van der Waals surface area contributed by atoms with E-state index in [1.54, 1.807) is 35.4 Å². The number of fused-ring (bicyclic) bond motifs is 1. The number of thioether (sulfide) groups is 1. The normalized spacial score (nSPS) is 17.8. The van der Waals surface area contributed by atoms with Crippen molar-refractivity contribution in [1.29, 1.82) is 0 Å². The Labute approximate surface area is 192 Å². The Bertz CT molecular complexity index is 977. The predicted molar refractivity (Wildman–Crippen MR) is 125 cm³/mol. The second-order valence-corrected chi connectivity index (χ2v) is 12.1. The first-order valence-electron chi connectivity index (χ1n) is 11.0. The minimum atomic E-state index is -3.85. The molecule has 1 saturated heterocycles. The number of hydrogen-bond donors (Lipinski definition) is 2. The van der Waals surface area contributed by atoms with E-state index in [0.29, 0.717) is 12.8 Å². The van der Waals surface area contributed by atoms with Gasteiger partial charge >= 0.3 is 0 Å². The van der Waals surface area contributed by atoms with E-state index in [1.807, 2.05) is 0 Å². The largest absolute Gasteiger partial charge is 0.289 e. The maximum atomic E-state index is 13.2. The van der Waals surface area contributed by atoms with Gasteiger partial charge in [0.25, 0.3) is 5.91 Å². The van der Waals surface area contributed by atoms with E-state index in [1.165, 1.54) is 47.7 Å². The van der Waals surface area contributed by atoms with Gasteiger partial charge in [0.15, 0.2) is 4.34 Å². The zero-order valence-corrected chi connectivity index (χ0v) is 20.3. The Morgan fingerprint density at radius 2 is 2.03 bits per heavy atom. The summed E-state index contributed by atoms with van der Waals surface area (Å²) in [4.78, 5) is 16.8.